The first kappa shape index (κ1) is 13.2. The Hall–Kier alpha value is -1.83. The third-order valence-corrected chi connectivity index (χ3v) is 4.14. The van der Waals surface area contributed by atoms with Crippen molar-refractivity contribution >= 4 is 33.1 Å². The van der Waals surface area contributed by atoms with Crippen LogP contribution in [0.3, 0.4) is 0 Å². The third kappa shape index (κ3) is 1.91. The van der Waals surface area contributed by atoms with Crippen molar-refractivity contribution in [1.82, 2.24) is 0 Å². The average molecular weight is 282 g/mol. The maximum Gasteiger partial charge on any atom is 0.0565 e. The van der Waals surface area contributed by atoms with Crippen LogP contribution in [0.5, 0.6) is 0 Å². The summed E-state index contributed by atoms with van der Waals surface area (Å²) in [7, 11) is 0. The van der Waals surface area contributed by atoms with Gasteiger partial charge in [0.15, 0.2) is 0 Å². The van der Waals surface area contributed by atoms with Crippen LogP contribution in [0, 0.1) is 0 Å². The van der Waals surface area contributed by atoms with E-state index in [4.69, 9.17) is 17.3 Å². The lowest BCUT2D eigenvalue weighted by Crippen LogP contribution is -2.00. The highest BCUT2D eigenvalue weighted by Crippen LogP contribution is 2.37. The molecule has 3 rings (SSSR count). The van der Waals surface area contributed by atoms with E-state index in [0.717, 1.165) is 38.6 Å². The number of benzene rings is 3. The molecular formula is C18H16ClN. The van der Waals surface area contributed by atoms with E-state index >= 15 is 0 Å². The molecule has 100 valence electrons. The van der Waals surface area contributed by atoms with E-state index in [-0.39, 0.29) is 0 Å². The van der Waals surface area contributed by atoms with Crippen LogP contribution in [-0.2, 0) is 13.0 Å². The van der Waals surface area contributed by atoms with Gasteiger partial charge in [-0.2, -0.15) is 0 Å². The van der Waals surface area contributed by atoms with Gasteiger partial charge < -0.3 is 5.73 Å². The standard InChI is InChI=1S/C18H16ClN/c1-2-6-12-7-5-10-14-16(11-20)13-8-3-4-9-15(13)18(19)17(12)14/h2-5,7-10H,1,6,11,20H2. The van der Waals surface area contributed by atoms with E-state index in [1.807, 2.05) is 18.2 Å². The van der Waals surface area contributed by atoms with Gasteiger partial charge in [-0.3, -0.25) is 0 Å². The van der Waals surface area contributed by atoms with Crippen LogP contribution in [0.15, 0.2) is 55.1 Å². The second-order valence-corrected chi connectivity index (χ2v) is 5.25. The molecule has 0 aliphatic heterocycles. The zero-order valence-electron chi connectivity index (χ0n) is 11.2. The Morgan fingerprint density at radius 2 is 1.70 bits per heavy atom. The first-order valence-electron chi connectivity index (χ1n) is 6.69. The van der Waals surface area contributed by atoms with Crippen molar-refractivity contribution in [2.75, 3.05) is 0 Å². The fourth-order valence-electron chi connectivity index (χ4n) is 2.87. The summed E-state index contributed by atoms with van der Waals surface area (Å²) in [6.07, 6.45) is 2.71. The molecule has 0 bridgehead atoms. The number of rotatable bonds is 3. The average Bonchev–Trinajstić information content (AvgIpc) is 2.48. The SMILES string of the molecule is C=CCc1cccc2c(CN)c3ccccc3c(Cl)c12. The van der Waals surface area contributed by atoms with Crippen LogP contribution in [0.4, 0.5) is 0 Å². The minimum absolute atomic E-state index is 0.506. The van der Waals surface area contributed by atoms with Crippen molar-refractivity contribution in [2.24, 2.45) is 5.73 Å². The maximum absolute atomic E-state index is 6.67. The van der Waals surface area contributed by atoms with Crippen molar-refractivity contribution < 1.29 is 0 Å². The molecule has 0 heterocycles. The fourth-order valence-corrected chi connectivity index (χ4v) is 3.26. The summed E-state index contributed by atoms with van der Waals surface area (Å²) in [5.74, 6) is 0. The molecule has 0 spiro atoms. The number of allylic oxidation sites excluding steroid dienone is 1. The summed E-state index contributed by atoms with van der Waals surface area (Å²) in [5.41, 5.74) is 8.35. The topological polar surface area (TPSA) is 26.0 Å². The van der Waals surface area contributed by atoms with Crippen LogP contribution < -0.4 is 5.73 Å². The summed E-state index contributed by atoms with van der Waals surface area (Å²) in [5, 5.41) is 5.27. The predicted molar refractivity (Wildman–Crippen MR) is 88.3 cm³/mol. The van der Waals surface area contributed by atoms with Gasteiger partial charge in [-0.25, -0.2) is 0 Å². The zero-order chi connectivity index (χ0) is 14.1. The molecule has 0 fully saturated rings. The number of hydrogen-bond acceptors (Lipinski definition) is 1. The van der Waals surface area contributed by atoms with Gasteiger partial charge >= 0.3 is 0 Å². The molecule has 3 aromatic carbocycles. The Morgan fingerprint density at radius 3 is 2.40 bits per heavy atom. The summed E-state index contributed by atoms with van der Waals surface area (Å²) >= 11 is 6.67. The Kier molecular flexibility index (Phi) is 3.47. The first-order chi connectivity index (χ1) is 9.77. The van der Waals surface area contributed by atoms with Crippen LogP contribution >= 0.6 is 11.6 Å². The molecular weight excluding hydrogens is 266 g/mol. The van der Waals surface area contributed by atoms with E-state index < -0.39 is 0 Å². The van der Waals surface area contributed by atoms with E-state index in [1.54, 1.807) is 0 Å². The Bertz CT molecular complexity index is 805. The second kappa shape index (κ2) is 5.28. The van der Waals surface area contributed by atoms with Gasteiger partial charge in [0.05, 0.1) is 5.02 Å². The number of nitrogens with two attached hydrogens (primary N) is 1. The smallest absolute Gasteiger partial charge is 0.0565 e. The Balaban J connectivity index is 2.56. The highest BCUT2D eigenvalue weighted by Gasteiger charge is 2.13. The lowest BCUT2D eigenvalue weighted by atomic mass is 9.93. The molecule has 0 unspecified atom stereocenters. The quantitative estimate of drug-likeness (QED) is 0.540. The summed E-state index contributed by atoms with van der Waals surface area (Å²) < 4.78 is 0. The van der Waals surface area contributed by atoms with Crippen molar-refractivity contribution in [3.63, 3.8) is 0 Å². The van der Waals surface area contributed by atoms with Crippen molar-refractivity contribution in [2.45, 2.75) is 13.0 Å². The van der Waals surface area contributed by atoms with Gasteiger partial charge in [-0.15, -0.1) is 6.58 Å². The molecule has 0 aliphatic rings. The highest BCUT2D eigenvalue weighted by molar-refractivity contribution is 6.41. The number of fused-ring (bicyclic) bond motifs is 2. The zero-order valence-corrected chi connectivity index (χ0v) is 12.0. The molecule has 1 nitrogen and oxygen atoms in total. The van der Waals surface area contributed by atoms with Crippen LogP contribution in [0.1, 0.15) is 11.1 Å². The molecule has 0 aromatic heterocycles. The Morgan fingerprint density at radius 1 is 1.00 bits per heavy atom. The lowest BCUT2D eigenvalue weighted by Gasteiger charge is -2.14. The molecule has 3 aromatic rings. The van der Waals surface area contributed by atoms with Crippen LogP contribution in [0.25, 0.3) is 21.5 Å². The van der Waals surface area contributed by atoms with Gasteiger partial charge in [0.2, 0.25) is 0 Å². The van der Waals surface area contributed by atoms with E-state index in [2.05, 4.69) is 36.9 Å². The monoisotopic (exact) mass is 281 g/mol. The third-order valence-electron chi connectivity index (χ3n) is 3.75. The Labute approximate surface area is 123 Å². The lowest BCUT2D eigenvalue weighted by molar-refractivity contribution is 1.10. The minimum Gasteiger partial charge on any atom is -0.326 e. The summed E-state index contributed by atoms with van der Waals surface area (Å²) in [6, 6.07) is 14.4. The van der Waals surface area contributed by atoms with Crippen LogP contribution in [-0.4, -0.2) is 0 Å². The number of hydrogen-bond donors (Lipinski definition) is 1. The molecule has 0 amide bonds. The summed E-state index contributed by atoms with van der Waals surface area (Å²) in [6.45, 7) is 4.34. The van der Waals surface area contributed by atoms with Gasteiger partial charge in [-0.05, 0) is 28.3 Å². The fraction of sp³-hybridized carbons (Fsp3) is 0.111. The van der Waals surface area contributed by atoms with Crippen molar-refractivity contribution in [3.8, 4) is 0 Å². The van der Waals surface area contributed by atoms with Gasteiger partial charge in [0, 0.05) is 17.3 Å². The molecule has 0 atom stereocenters. The predicted octanol–water partition coefficient (Wildman–Crippen LogP) is 4.83. The molecule has 0 saturated heterocycles. The van der Waals surface area contributed by atoms with Gasteiger partial charge in [-0.1, -0.05) is 60.1 Å². The first-order valence-corrected chi connectivity index (χ1v) is 7.07. The van der Waals surface area contributed by atoms with Crippen molar-refractivity contribution in [3.05, 3.63) is 71.3 Å². The largest absolute Gasteiger partial charge is 0.326 e. The van der Waals surface area contributed by atoms with Crippen molar-refractivity contribution in [1.29, 1.82) is 0 Å². The van der Waals surface area contributed by atoms with Gasteiger partial charge in [0.25, 0.3) is 0 Å². The second-order valence-electron chi connectivity index (χ2n) is 4.87. The van der Waals surface area contributed by atoms with E-state index in [1.165, 1.54) is 5.56 Å². The van der Waals surface area contributed by atoms with E-state index in [9.17, 15) is 0 Å². The molecule has 2 N–H and O–H groups in total. The highest BCUT2D eigenvalue weighted by atomic mass is 35.5. The summed E-state index contributed by atoms with van der Waals surface area (Å²) in [4.78, 5) is 0. The molecule has 0 radical (unpaired) electrons. The molecule has 20 heavy (non-hydrogen) atoms. The molecule has 2 heteroatoms. The molecule has 0 saturated carbocycles. The molecule has 0 aliphatic carbocycles. The minimum atomic E-state index is 0.506. The van der Waals surface area contributed by atoms with Crippen LogP contribution in [0.2, 0.25) is 5.02 Å². The maximum atomic E-state index is 6.67. The van der Waals surface area contributed by atoms with E-state index in [0.29, 0.717) is 6.54 Å². The number of halogens is 1. The normalized spacial score (nSPS) is 11.1. The van der Waals surface area contributed by atoms with Gasteiger partial charge in [0.1, 0.15) is 0 Å².